The second-order valence-corrected chi connectivity index (χ2v) is 7.95. The van der Waals surface area contributed by atoms with E-state index in [0.717, 1.165) is 57.6 Å². The smallest absolute Gasteiger partial charge is 0.255 e. The number of rotatable bonds is 4. The highest BCUT2D eigenvalue weighted by atomic mass is 35.5. The van der Waals surface area contributed by atoms with Crippen LogP contribution in [0.25, 0.3) is 0 Å². The Morgan fingerprint density at radius 3 is 2.32 bits per heavy atom. The van der Waals surface area contributed by atoms with E-state index in [-0.39, 0.29) is 12.0 Å². The Bertz CT molecular complexity index is 785. The number of amides is 1. The topological polar surface area (TPSA) is 45.7 Å². The molecule has 0 unspecified atom stereocenters. The number of carbonyl (C=O) groups excluding carboxylic acids is 1. The largest absolute Gasteiger partial charge is 0.490 e. The van der Waals surface area contributed by atoms with E-state index in [1.165, 1.54) is 0 Å². The molecule has 3 heterocycles. The third kappa shape index (κ3) is 4.47. The van der Waals surface area contributed by atoms with Gasteiger partial charge in [0.2, 0.25) is 0 Å². The summed E-state index contributed by atoms with van der Waals surface area (Å²) in [4.78, 5) is 21.3. The summed E-state index contributed by atoms with van der Waals surface area (Å²) >= 11 is 6.19. The highest BCUT2D eigenvalue weighted by Crippen LogP contribution is 2.25. The number of likely N-dealkylation sites (tertiary alicyclic amines) is 2. The second kappa shape index (κ2) is 8.93. The molecular formula is C22H26ClN3O2. The Hall–Kier alpha value is -2.11. The lowest BCUT2D eigenvalue weighted by atomic mass is 9.98. The van der Waals surface area contributed by atoms with Crippen molar-refractivity contribution < 1.29 is 9.53 Å². The van der Waals surface area contributed by atoms with Gasteiger partial charge in [0.1, 0.15) is 11.9 Å². The fourth-order valence-electron chi connectivity index (χ4n) is 4.21. The van der Waals surface area contributed by atoms with Crippen LogP contribution in [-0.2, 0) is 0 Å². The number of hydrogen-bond acceptors (Lipinski definition) is 4. The van der Waals surface area contributed by atoms with E-state index in [1.54, 1.807) is 18.5 Å². The van der Waals surface area contributed by atoms with Crippen molar-refractivity contribution in [3.8, 4) is 5.75 Å². The third-order valence-electron chi connectivity index (χ3n) is 5.80. The summed E-state index contributed by atoms with van der Waals surface area (Å²) in [5.41, 5.74) is 0.608. The van der Waals surface area contributed by atoms with Gasteiger partial charge in [-0.15, -0.1) is 0 Å². The van der Waals surface area contributed by atoms with E-state index in [0.29, 0.717) is 16.6 Å². The molecule has 5 nitrogen and oxygen atoms in total. The molecule has 2 fully saturated rings. The second-order valence-electron chi connectivity index (χ2n) is 7.54. The molecule has 0 saturated carbocycles. The predicted molar refractivity (Wildman–Crippen MR) is 110 cm³/mol. The minimum atomic E-state index is 0.0495. The van der Waals surface area contributed by atoms with Crippen LogP contribution in [0.1, 0.15) is 36.0 Å². The summed E-state index contributed by atoms with van der Waals surface area (Å²) in [6.45, 7) is 3.70. The number of piperidine rings is 2. The van der Waals surface area contributed by atoms with Gasteiger partial charge >= 0.3 is 0 Å². The molecule has 2 saturated heterocycles. The fourth-order valence-corrected chi connectivity index (χ4v) is 4.42. The molecule has 0 atom stereocenters. The first-order valence-electron chi connectivity index (χ1n) is 10.1. The molecule has 0 aliphatic carbocycles. The van der Waals surface area contributed by atoms with Crippen molar-refractivity contribution in [2.75, 3.05) is 26.2 Å². The zero-order valence-corrected chi connectivity index (χ0v) is 16.7. The number of pyridine rings is 1. The van der Waals surface area contributed by atoms with Crippen molar-refractivity contribution >= 4 is 17.5 Å². The SMILES string of the molecule is O=C(c1ccccc1Cl)N1CCC(N2CCC(Oc3ccncc3)CC2)CC1. The van der Waals surface area contributed by atoms with Crippen LogP contribution in [0.15, 0.2) is 48.8 Å². The first-order chi connectivity index (χ1) is 13.7. The van der Waals surface area contributed by atoms with Gasteiger partial charge in [-0.2, -0.15) is 0 Å². The molecule has 2 aliphatic rings. The van der Waals surface area contributed by atoms with Gasteiger partial charge in [-0.3, -0.25) is 14.7 Å². The molecule has 0 spiro atoms. The maximum absolute atomic E-state index is 12.7. The maximum atomic E-state index is 12.7. The number of carbonyl (C=O) groups is 1. The highest BCUT2D eigenvalue weighted by Gasteiger charge is 2.30. The van der Waals surface area contributed by atoms with Crippen molar-refractivity contribution in [2.24, 2.45) is 0 Å². The molecular weight excluding hydrogens is 374 g/mol. The lowest BCUT2D eigenvalue weighted by Gasteiger charge is -2.41. The quantitative estimate of drug-likeness (QED) is 0.782. The summed E-state index contributed by atoms with van der Waals surface area (Å²) in [5, 5.41) is 0.533. The van der Waals surface area contributed by atoms with Crippen LogP contribution >= 0.6 is 11.6 Å². The van der Waals surface area contributed by atoms with Crippen molar-refractivity contribution in [1.29, 1.82) is 0 Å². The Balaban J connectivity index is 1.25. The van der Waals surface area contributed by atoms with Crippen LogP contribution < -0.4 is 4.74 Å². The van der Waals surface area contributed by atoms with Crippen LogP contribution in [0.3, 0.4) is 0 Å². The van der Waals surface area contributed by atoms with Gasteiger partial charge in [0, 0.05) is 44.6 Å². The molecule has 2 aromatic rings. The normalized spacial score (nSPS) is 19.5. The van der Waals surface area contributed by atoms with Crippen molar-refractivity contribution in [2.45, 2.75) is 37.8 Å². The minimum absolute atomic E-state index is 0.0495. The summed E-state index contributed by atoms with van der Waals surface area (Å²) in [6, 6.07) is 11.7. The Kier molecular flexibility index (Phi) is 6.13. The standard InChI is InChI=1S/C22H26ClN3O2/c23-21-4-2-1-3-20(21)22(27)26-13-7-17(8-14-26)25-15-9-19(10-16-25)28-18-5-11-24-12-6-18/h1-6,11-12,17,19H,7-10,13-16H2. The van der Waals surface area contributed by atoms with E-state index in [1.807, 2.05) is 35.2 Å². The molecule has 148 valence electrons. The Morgan fingerprint density at radius 1 is 0.964 bits per heavy atom. The number of ether oxygens (including phenoxy) is 1. The average Bonchev–Trinajstić information content (AvgIpc) is 2.75. The van der Waals surface area contributed by atoms with E-state index in [2.05, 4.69) is 9.88 Å². The first-order valence-corrected chi connectivity index (χ1v) is 10.4. The van der Waals surface area contributed by atoms with Gasteiger partial charge in [0.15, 0.2) is 0 Å². The molecule has 2 aliphatic heterocycles. The van der Waals surface area contributed by atoms with Crippen LogP contribution in [0.5, 0.6) is 5.75 Å². The summed E-state index contributed by atoms with van der Waals surface area (Å²) in [6.07, 6.45) is 7.94. The average molecular weight is 400 g/mol. The molecule has 1 amide bonds. The monoisotopic (exact) mass is 399 g/mol. The van der Waals surface area contributed by atoms with Gasteiger partial charge in [-0.1, -0.05) is 23.7 Å². The third-order valence-corrected chi connectivity index (χ3v) is 6.13. The molecule has 1 aromatic carbocycles. The molecule has 6 heteroatoms. The van der Waals surface area contributed by atoms with E-state index in [9.17, 15) is 4.79 Å². The lowest BCUT2D eigenvalue weighted by molar-refractivity contribution is 0.0425. The summed E-state index contributed by atoms with van der Waals surface area (Å²) < 4.78 is 6.07. The molecule has 1 aromatic heterocycles. The van der Waals surface area contributed by atoms with E-state index < -0.39 is 0 Å². The van der Waals surface area contributed by atoms with Gasteiger partial charge < -0.3 is 9.64 Å². The van der Waals surface area contributed by atoms with Gasteiger partial charge in [0.05, 0.1) is 10.6 Å². The number of benzene rings is 1. The number of nitrogens with zero attached hydrogens (tertiary/aromatic N) is 3. The predicted octanol–water partition coefficient (Wildman–Crippen LogP) is 3.88. The summed E-state index contributed by atoms with van der Waals surface area (Å²) in [5.74, 6) is 0.952. The molecule has 0 bridgehead atoms. The van der Waals surface area contributed by atoms with Crippen molar-refractivity contribution in [3.05, 3.63) is 59.4 Å². The minimum Gasteiger partial charge on any atom is -0.490 e. The van der Waals surface area contributed by atoms with Crippen LogP contribution in [0.4, 0.5) is 0 Å². The van der Waals surface area contributed by atoms with Crippen molar-refractivity contribution in [1.82, 2.24) is 14.8 Å². The fraction of sp³-hybridized carbons (Fsp3) is 0.455. The zero-order valence-electron chi connectivity index (χ0n) is 16.0. The molecule has 28 heavy (non-hydrogen) atoms. The molecule has 0 N–H and O–H groups in total. The first kappa shape index (κ1) is 19.2. The van der Waals surface area contributed by atoms with Crippen LogP contribution in [0.2, 0.25) is 5.02 Å². The summed E-state index contributed by atoms with van der Waals surface area (Å²) in [7, 11) is 0. The Morgan fingerprint density at radius 2 is 1.64 bits per heavy atom. The molecule has 0 radical (unpaired) electrons. The number of hydrogen-bond donors (Lipinski definition) is 0. The van der Waals surface area contributed by atoms with Crippen LogP contribution in [0, 0.1) is 0 Å². The van der Waals surface area contributed by atoms with Gasteiger partial charge in [0.25, 0.3) is 5.91 Å². The molecule has 4 rings (SSSR count). The van der Waals surface area contributed by atoms with E-state index >= 15 is 0 Å². The van der Waals surface area contributed by atoms with Gasteiger partial charge in [-0.25, -0.2) is 0 Å². The van der Waals surface area contributed by atoms with Crippen LogP contribution in [-0.4, -0.2) is 59.0 Å². The zero-order chi connectivity index (χ0) is 19.3. The number of aromatic nitrogens is 1. The number of halogens is 1. The van der Waals surface area contributed by atoms with Crippen molar-refractivity contribution in [3.63, 3.8) is 0 Å². The lowest BCUT2D eigenvalue weighted by Crippen LogP contribution is -2.50. The Labute approximate surface area is 171 Å². The maximum Gasteiger partial charge on any atom is 0.255 e. The highest BCUT2D eigenvalue weighted by molar-refractivity contribution is 6.33. The van der Waals surface area contributed by atoms with Gasteiger partial charge in [-0.05, 0) is 49.9 Å². The van der Waals surface area contributed by atoms with E-state index in [4.69, 9.17) is 16.3 Å².